The first kappa shape index (κ1) is 28.0. The predicted molar refractivity (Wildman–Crippen MR) is 147 cm³/mol. The molecule has 4 aromatic rings. The molecule has 40 heavy (non-hydrogen) atoms. The lowest BCUT2D eigenvalue weighted by Gasteiger charge is -2.12. The summed E-state index contributed by atoms with van der Waals surface area (Å²) in [7, 11) is 0. The number of carbonyl (C=O) groups is 2. The second-order valence-electron chi connectivity index (χ2n) is 8.55. The molecule has 0 saturated carbocycles. The molecular weight excluding hydrogens is 523 g/mol. The minimum absolute atomic E-state index is 0.0227. The Hall–Kier alpha value is -4.99. The van der Waals surface area contributed by atoms with Crippen LogP contribution in [0.3, 0.4) is 0 Å². The van der Waals surface area contributed by atoms with E-state index in [1.54, 1.807) is 36.4 Å². The summed E-state index contributed by atoms with van der Waals surface area (Å²) in [6.07, 6.45) is -4.51. The largest absolute Gasteiger partial charge is 0.490 e. The summed E-state index contributed by atoms with van der Waals surface area (Å²) in [6.45, 7) is 0.678. The second kappa shape index (κ2) is 13.2. The van der Waals surface area contributed by atoms with Gasteiger partial charge in [-0.3, -0.25) is 9.59 Å². The topological polar surface area (TPSA) is 88.7 Å². The van der Waals surface area contributed by atoms with Gasteiger partial charge in [0.2, 0.25) is 5.91 Å². The van der Waals surface area contributed by atoms with Crippen molar-refractivity contribution < 1.29 is 32.2 Å². The van der Waals surface area contributed by atoms with Gasteiger partial charge in [-0.1, -0.05) is 30.3 Å². The van der Waals surface area contributed by atoms with E-state index in [9.17, 15) is 22.8 Å². The van der Waals surface area contributed by atoms with Gasteiger partial charge >= 0.3 is 6.18 Å². The molecule has 7 nitrogen and oxygen atoms in total. The van der Waals surface area contributed by atoms with Crippen molar-refractivity contribution >= 4 is 28.9 Å². The van der Waals surface area contributed by atoms with Crippen molar-refractivity contribution in [2.45, 2.75) is 6.18 Å². The average molecular weight is 550 g/mol. The van der Waals surface area contributed by atoms with Crippen LogP contribution in [0.1, 0.15) is 15.9 Å². The molecule has 2 amide bonds. The predicted octanol–water partition coefficient (Wildman–Crippen LogP) is 6.47. The minimum Gasteiger partial charge on any atom is -0.490 e. The van der Waals surface area contributed by atoms with Crippen molar-refractivity contribution in [3.63, 3.8) is 0 Å². The summed E-state index contributed by atoms with van der Waals surface area (Å²) in [5.41, 5.74) is 0.451. The molecule has 0 aromatic heterocycles. The Bertz CT molecular complexity index is 1430. The zero-order chi connectivity index (χ0) is 28.4. The number of nitrogens with one attached hydrogen (secondary N) is 3. The monoisotopic (exact) mass is 549 g/mol. The van der Waals surface area contributed by atoms with Crippen LogP contribution in [0.15, 0.2) is 103 Å². The first-order valence-electron chi connectivity index (χ1n) is 12.3. The summed E-state index contributed by atoms with van der Waals surface area (Å²) in [5, 5.41) is 8.16. The number of alkyl halides is 3. The van der Waals surface area contributed by atoms with E-state index in [4.69, 9.17) is 9.47 Å². The van der Waals surface area contributed by atoms with Gasteiger partial charge in [-0.2, -0.15) is 13.2 Å². The lowest BCUT2D eigenvalue weighted by Crippen LogP contribution is -2.22. The molecule has 0 heterocycles. The van der Waals surface area contributed by atoms with Crippen molar-refractivity contribution in [3.8, 4) is 11.5 Å². The smallest absolute Gasteiger partial charge is 0.416 e. The molecule has 0 unspecified atom stereocenters. The van der Waals surface area contributed by atoms with Crippen molar-refractivity contribution in [3.05, 3.63) is 114 Å². The molecule has 0 radical (unpaired) electrons. The number of anilines is 3. The third kappa shape index (κ3) is 8.52. The van der Waals surface area contributed by atoms with E-state index in [0.29, 0.717) is 30.3 Å². The van der Waals surface area contributed by atoms with E-state index in [1.165, 1.54) is 24.3 Å². The van der Waals surface area contributed by atoms with Crippen LogP contribution in [-0.2, 0) is 11.0 Å². The van der Waals surface area contributed by atoms with Gasteiger partial charge in [0.05, 0.1) is 12.1 Å². The van der Waals surface area contributed by atoms with Crippen molar-refractivity contribution in [1.82, 2.24) is 0 Å². The highest BCUT2D eigenvalue weighted by Gasteiger charge is 2.30. The molecule has 0 fully saturated rings. The number of hydrogen-bond acceptors (Lipinski definition) is 5. The number of carbonyl (C=O) groups excluding carboxylic acids is 2. The van der Waals surface area contributed by atoms with Crippen molar-refractivity contribution in [2.24, 2.45) is 0 Å². The SMILES string of the molecule is O=C(CNc1cccc(C(=O)Nc2cccc(C(F)(F)F)c2)c1)Nc1ccc(OCCOc2ccccc2)cc1. The minimum atomic E-state index is -4.51. The fourth-order valence-electron chi connectivity index (χ4n) is 3.60. The van der Waals surface area contributed by atoms with Crippen molar-refractivity contribution in [1.29, 1.82) is 0 Å². The van der Waals surface area contributed by atoms with E-state index < -0.39 is 17.6 Å². The number of halogens is 3. The Morgan fingerprint density at radius 3 is 2.00 bits per heavy atom. The third-order valence-electron chi connectivity index (χ3n) is 5.53. The van der Waals surface area contributed by atoms with Gasteiger partial charge in [0.1, 0.15) is 24.7 Å². The summed E-state index contributed by atoms with van der Waals surface area (Å²) in [6, 6.07) is 27.0. The standard InChI is InChI=1S/C30H26F3N3O4/c31-30(32,33)22-7-5-9-25(19-22)36-29(38)21-6-4-8-24(18-21)34-20-28(37)35-23-12-14-27(15-13-23)40-17-16-39-26-10-2-1-3-11-26/h1-15,18-19,34H,16-17,20H2,(H,35,37)(H,36,38). The van der Waals surface area contributed by atoms with E-state index in [-0.39, 0.29) is 23.7 Å². The fourth-order valence-corrected chi connectivity index (χ4v) is 3.60. The summed E-state index contributed by atoms with van der Waals surface area (Å²) in [5.74, 6) is 0.501. The molecule has 0 atom stereocenters. The Balaban J connectivity index is 1.22. The lowest BCUT2D eigenvalue weighted by atomic mass is 10.1. The Morgan fingerprint density at radius 1 is 0.650 bits per heavy atom. The molecular formula is C30H26F3N3O4. The Kier molecular flexibility index (Phi) is 9.24. The second-order valence-corrected chi connectivity index (χ2v) is 8.55. The molecule has 0 spiro atoms. The van der Waals surface area contributed by atoms with Crippen molar-refractivity contribution in [2.75, 3.05) is 35.7 Å². The zero-order valence-electron chi connectivity index (χ0n) is 21.2. The van der Waals surface area contributed by atoms with Crippen LogP contribution in [0.5, 0.6) is 11.5 Å². The van der Waals surface area contributed by atoms with Crippen LogP contribution in [0.4, 0.5) is 30.2 Å². The van der Waals surface area contributed by atoms with Gasteiger partial charge in [0, 0.05) is 22.6 Å². The van der Waals surface area contributed by atoms with Crippen LogP contribution < -0.4 is 25.4 Å². The van der Waals surface area contributed by atoms with Gasteiger partial charge in [0.25, 0.3) is 5.91 Å². The number of benzene rings is 4. The molecule has 3 N–H and O–H groups in total. The highest BCUT2D eigenvalue weighted by molar-refractivity contribution is 6.05. The highest BCUT2D eigenvalue weighted by Crippen LogP contribution is 2.30. The summed E-state index contributed by atoms with van der Waals surface area (Å²) >= 11 is 0. The molecule has 4 aromatic carbocycles. The number of ether oxygens (including phenoxy) is 2. The number of para-hydroxylation sites is 1. The van der Waals surface area contributed by atoms with Gasteiger partial charge in [-0.15, -0.1) is 0 Å². The molecule has 0 bridgehead atoms. The first-order valence-corrected chi connectivity index (χ1v) is 12.3. The average Bonchev–Trinajstić information content (AvgIpc) is 2.95. The van der Waals surface area contributed by atoms with Crippen LogP contribution in [0.2, 0.25) is 0 Å². The van der Waals surface area contributed by atoms with Crippen LogP contribution >= 0.6 is 0 Å². The highest BCUT2D eigenvalue weighted by atomic mass is 19.4. The van der Waals surface area contributed by atoms with Gasteiger partial charge in [-0.05, 0) is 72.8 Å². The van der Waals surface area contributed by atoms with Gasteiger partial charge in [-0.25, -0.2) is 0 Å². The zero-order valence-corrected chi connectivity index (χ0v) is 21.2. The van der Waals surface area contributed by atoms with Gasteiger partial charge < -0.3 is 25.4 Å². The maximum absolute atomic E-state index is 12.9. The molecule has 206 valence electrons. The first-order chi connectivity index (χ1) is 19.3. The van der Waals surface area contributed by atoms with Crippen LogP contribution in [0, 0.1) is 0 Å². The molecule has 0 aliphatic carbocycles. The Morgan fingerprint density at radius 2 is 1.30 bits per heavy atom. The Labute approximate surface area is 228 Å². The molecule has 4 rings (SSSR count). The third-order valence-corrected chi connectivity index (χ3v) is 5.53. The number of rotatable bonds is 11. The normalized spacial score (nSPS) is 10.9. The van der Waals surface area contributed by atoms with Crippen LogP contribution in [0.25, 0.3) is 0 Å². The lowest BCUT2D eigenvalue weighted by molar-refractivity contribution is -0.137. The molecule has 0 saturated heterocycles. The van der Waals surface area contributed by atoms with E-state index in [2.05, 4.69) is 16.0 Å². The van der Waals surface area contributed by atoms with E-state index in [1.807, 2.05) is 30.3 Å². The quantitative estimate of drug-likeness (QED) is 0.187. The molecule has 0 aliphatic heterocycles. The summed E-state index contributed by atoms with van der Waals surface area (Å²) in [4.78, 5) is 25.0. The number of hydrogen-bond donors (Lipinski definition) is 3. The van der Waals surface area contributed by atoms with Crippen LogP contribution in [-0.4, -0.2) is 31.6 Å². The molecule has 10 heteroatoms. The summed E-state index contributed by atoms with van der Waals surface area (Å²) < 4.78 is 50.0. The molecule has 0 aliphatic rings. The van der Waals surface area contributed by atoms with E-state index in [0.717, 1.165) is 17.9 Å². The van der Waals surface area contributed by atoms with Gasteiger partial charge in [0.15, 0.2) is 0 Å². The number of amides is 2. The fraction of sp³-hybridized carbons (Fsp3) is 0.133. The maximum Gasteiger partial charge on any atom is 0.416 e. The van der Waals surface area contributed by atoms with E-state index >= 15 is 0 Å². The maximum atomic E-state index is 12.9.